The largest absolute Gasteiger partial charge is 0.313 e. The molecule has 0 unspecified atom stereocenters. The Kier molecular flexibility index (Phi) is 3.83. The molecule has 0 saturated heterocycles. The Morgan fingerprint density at radius 2 is 1.94 bits per heavy atom. The van der Waals surface area contributed by atoms with Gasteiger partial charge in [0, 0.05) is 24.5 Å². The van der Waals surface area contributed by atoms with E-state index in [1.165, 1.54) is 16.7 Å². The minimum atomic E-state index is 0.900. The number of benzene rings is 1. The highest BCUT2D eigenvalue weighted by Crippen LogP contribution is 2.23. The Morgan fingerprint density at radius 3 is 2.65 bits per heavy atom. The average molecular weight is 227 g/mol. The van der Waals surface area contributed by atoms with Crippen molar-refractivity contribution in [2.24, 2.45) is 0 Å². The second-order valence-electron chi connectivity index (χ2n) is 4.06. The van der Waals surface area contributed by atoms with Gasteiger partial charge in [-0.3, -0.25) is 0 Å². The number of hydrogen-bond donors (Lipinski definition) is 1. The fourth-order valence-electron chi connectivity index (χ4n) is 1.80. The lowest BCUT2D eigenvalue weighted by molar-refractivity contribution is 0.727. The molecule has 0 aliphatic carbocycles. The van der Waals surface area contributed by atoms with Crippen molar-refractivity contribution in [1.29, 1.82) is 0 Å². The van der Waals surface area contributed by atoms with Crippen LogP contribution in [0.2, 0.25) is 0 Å². The predicted molar refractivity (Wildman–Crippen MR) is 69.6 cm³/mol. The summed E-state index contributed by atoms with van der Waals surface area (Å²) < 4.78 is 0. The van der Waals surface area contributed by atoms with E-state index in [0.717, 1.165) is 18.7 Å². The molecule has 88 valence electrons. The van der Waals surface area contributed by atoms with Gasteiger partial charge in [-0.2, -0.15) is 0 Å². The zero-order valence-electron chi connectivity index (χ0n) is 10.3. The monoisotopic (exact) mass is 227 g/mol. The maximum atomic E-state index is 4.07. The van der Waals surface area contributed by atoms with Crippen LogP contribution in [0.25, 0.3) is 11.1 Å². The van der Waals surface area contributed by atoms with Crippen LogP contribution in [0.1, 0.15) is 18.1 Å². The standard InChI is InChI=1S/C14H17N3/c1-3-15-7-12-5-4-11(2)14(6-12)13-8-16-10-17-9-13/h4-6,8-10,15H,3,7H2,1-2H3. The maximum Gasteiger partial charge on any atom is 0.115 e. The molecule has 0 radical (unpaired) electrons. The van der Waals surface area contributed by atoms with Crippen LogP contribution in [0.5, 0.6) is 0 Å². The van der Waals surface area contributed by atoms with E-state index in [-0.39, 0.29) is 0 Å². The third kappa shape index (κ3) is 2.88. The number of hydrogen-bond acceptors (Lipinski definition) is 3. The smallest absolute Gasteiger partial charge is 0.115 e. The van der Waals surface area contributed by atoms with Gasteiger partial charge in [0.2, 0.25) is 0 Å². The summed E-state index contributed by atoms with van der Waals surface area (Å²) in [5, 5.41) is 3.33. The van der Waals surface area contributed by atoms with Crippen molar-refractivity contribution in [1.82, 2.24) is 15.3 Å². The van der Waals surface area contributed by atoms with E-state index < -0.39 is 0 Å². The van der Waals surface area contributed by atoms with Crippen LogP contribution >= 0.6 is 0 Å². The van der Waals surface area contributed by atoms with Crippen LogP contribution in [0.4, 0.5) is 0 Å². The number of aromatic nitrogens is 2. The molecule has 0 amide bonds. The van der Waals surface area contributed by atoms with E-state index in [4.69, 9.17) is 0 Å². The molecule has 1 aromatic carbocycles. The molecule has 0 spiro atoms. The topological polar surface area (TPSA) is 37.8 Å². The van der Waals surface area contributed by atoms with E-state index in [1.807, 2.05) is 12.4 Å². The van der Waals surface area contributed by atoms with Crippen LogP contribution in [-0.2, 0) is 6.54 Å². The second-order valence-corrected chi connectivity index (χ2v) is 4.06. The van der Waals surface area contributed by atoms with Gasteiger partial charge in [-0.15, -0.1) is 0 Å². The zero-order chi connectivity index (χ0) is 12.1. The van der Waals surface area contributed by atoms with E-state index in [2.05, 4.69) is 47.3 Å². The summed E-state index contributed by atoms with van der Waals surface area (Å²) in [5.74, 6) is 0. The molecule has 3 nitrogen and oxygen atoms in total. The molecule has 0 saturated carbocycles. The molecule has 17 heavy (non-hydrogen) atoms. The van der Waals surface area contributed by atoms with Crippen LogP contribution in [0.3, 0.4) is 0 Å². The number of nitrogens with one attached hydrogen (secondary N) is 1. The van der Waals surface area contributed by atoms with Crippen molar-refractivity contribution in [2.75, 3.05) is 6.54 Å². The molecule has 0 aliphatic heterocycles. The highest BCUT2D eigenvalue weighted by atomic mass is 14.8. The Labute approximate surface area is 102 Å². The summed E-state index contributed by atoms with van der Waals surface area (Å²) in [6.07, 6.45) is 5.26. The average Bonchev–Trinajstić information content (AvgIpc) is 2.39. The van der Waals surface area contributed by atoms with Crippen LogP contribution in [-0.4, -0.2) is 16.5 Å². The molecule has 0 bridgehead atoms. The summed E-state index contributed by atoms with van der Waals surface area (Å²) in [4.78, 5) is 8.13. The first-order chi connectivity index (χ1) is 8.31. The number of rotatable bonds is 4. The van der Waals surface area contributed by atoms with Crippen molar-refractivity contribution in [3.8, 4) is 11.1 Å². The van der Waals surface area contributed by atoms with Gasteiger partial charge in [0.1, 0.15) is 6.33 Å². The van der Waals surface area contributed by atoms with Gasteiger partial charge in [0.15, 0.2) is 0 Å². The normalized spacial score (nSPS) is 10.5. The van der Waals surface area contributed by atoms with Crippen LogP contribution in [0.15, 0.2) is 36.9 Å². The van der Waals surface area contributed by atoms with Crippen LogP contribution < -0.4 is 5.32 Å². The van der Waals surface area contributed by atoms with Gasteiger partial charge in [-0.25, -0.2) is 9.97 Å². The highest BCUT2D eigenvalue weighted by Gasteiger charge is 2.03. The maximum absolute atomic E-state index is 4.07. The third-order valence-corrected chi connectivity index (χ3v) is 2.75. The van der Waals surface area contributed by atoms with Gasteiger partial charge < -0.3 is 5.32 Å². The number of aryl methyl sites for hydroxylation is 1. The lowest BCUT2D eigenvalue weighted by atomic mass is 10.0. The quantitative estimate of drug-likeness (QED) is 0.872. The summed E-state index contributed by atoms with van der Waals surface area (Å²) in [5.41, 5.74) is 4.82. The Hall–Kier alpha value is -1.74. The summed E-state index contributed by atoms with van der Waals surface area (Å²) in [6.45, 7) is 6.11. The summed E-state index contributed by atoms with van der Waals surface area (Å²) in [6, 6.07) is 6.51. The highest BCUT2D eigenvalue weighted by molar-refractivity contribution is 5.66. The molecular weight excluding hydrogens is 210 g/mol. The van der Waals surface area contributed by atoms with Crippen molar-refractivity contribution in [3.63, 3.8) is 0 Å². The lowest BCUT2D eigenvalue weighted by Crippen LogP contribution is -2.11. The molecule has 2 aromatic rings. The Bertz CT molecular complexity index is 480. The summed E-state index contributed by atoms with van der Waals surface area (Å²) >= 11 is 0. The molecule has 0 atom stereocenters. The van der Waals surface area contributed by atoms with Gasteiger partial charge >= 0.3 is 0 Å². The van der Waals surface area contributed by atoms with E-state index in [1.54, 1.807) is 6.33 Å². The minimum absolute atomic E-state index is 0.900. The molecule has 1 N–H and O–H groups in total. The first-order valence-corrected chi connectivity index (χ1v) is 5.87. The minimum Gasteiger partial charge on any atom is -0.313 e. The van der Waals surface area contributed by atoms with Crippen LogP contribution in [0, 0.1) is 6.92 Å². The second kappa shape index (κ2) is 5.55. The Morgan fingerprint density at radius 1 is 1.18 bits per heavy atom. The van der Waals surface area contributed by atoms with Crippen molar-refractivity contribution < 1.29 is 0 Å². The molecule has 1 heterocycles. The van der Waals surface area contributed by atoms with Crippen molar-refractivity contribution >= 4 is 0 Å². The van der Waals surface area contributed by atoms with Crippen molar-refractivity contribution in [3.05, 3.63) is 48.0 Å². The molecule has 0 fully saturated rings. The summed E-state index contributed by atoms with van der Waals surface area (Å²) in [7, 11) is 0. The third-order valence-electron chi connectivity index (χ3n) is 2.75. The van der Waals surface area contributed by atoms with E-state index >= 15 is 0 Å². The lowest BCUT2D eigenvalue weighted by Gasteiger charge is -2.09. The molecule has 1 aromatic heterocycles. The first-order valence-electron chi connectivity index (χ1n) is 5.87. The SMILES string of the molecule is CCNCc1ccc(C)c(-c2cncnc2)c1. The molecule has 0 aliphatic rings. The zero-order valence-corrected chi connectivity index (χ0v) is 10.3. The fraction of sp³-hybridized carbons (Fsp3) is 0.286. The van der Waals surface area contributed by atoms with Gasteiger partial charge in [-0.05, 0) is 36.2 Å². The molecule has 2 rings (SSSR count). The Balaban J connectivity index is 2.33. The molecule has 3 heteroatoms. The van der Waals surface area contributed by atoms with E-state index in [0.29, 0.717) is 0 Å². The van der Waals surface area contributed by atoms with E-state index in [9.17, 15) is 0 Å². The number of nitrogens with zero attached hydrogens (tertiary/aromatic N) is 2. The van der Waals surface area contributed by atoms with Gasteiger partial charge in [0.05, 0.1) is 0 Å². The molecular formula is C14H17N3. The fourth-order valence-corrected chi connectivity index (χ4v) is 1.80. The van der Waals surface area contributed by atoms with Gasteiger partial charge in [0.25, 0.3) is 0 Å². The predicted octanol–water partition coefficient (Wildman–Crippen LogP) is 2.56. The van der Waals surface area contributed by atoms with Gasteiger partial charge in [-0.1, -0.05) is 19.1 Å². The van der Waals surface area contributed by atoms with Crippen molar-refractivity contribution in [2.45, 2.75) is 20.4 Å². The first kappa shape index (κ1) is 11.7.